The first-order valence-electron chi connectivity index (χ1n) is 4.21. The van der Waals surface area contributed by atoms with Gasteiger partial charge in [-0.15, -0.1) is 0 Å². The summed E-state index contributed by atoms with van der Waals surface area (Å²) in [5, 5.41) is 8.65. The molecule has 0 aromatic heterocycles. The number of aromatic carboxylic acids is 1. The van der Waals surface area contributed by atoms with Crippen LogP contribution in [-0.4, -0.2) is 25.2 Å². The predicted molar refractivity (Wildman–Crippen MR) is 49.9 cm³/mol. The molecule has 0 aliphatic rings. The molecule has 0 unspecified atom stereocenters. The second-order valence-electron chi connectivity index (χ2n) is 3.39. The van der Waals surface area contributed by atoms with Crippen LogP contribution >= 0.6 is 0 Å². The lowest BCUT2D eigenvalue weighted by molar-refractivity contribution is -0.872. The molecule has 0 spiro atoms. The van der Waals surface area contributed by atoms with Gasteiger partial charge >= 0.3 is 5.97 Å². The predicted octanol–water partition coefficient (Wildman–Crippen LogP) is 0.0293. The molecule has 0 aliphatic heterocycles. The molecule has 3 nitrogen and oxygen atoms in total. The summed E-state index contributed by atoms with van der Waals surface area (Å²) < 4.78 is 0. The molecule has 1 aromatic carbocycles. The minimum absolute atomic E-state index is 0.345. The molecule has 13 heavy (non-hydrogen) atoms. The lowest BCUT2D eigenvalue weighted by Crippen LogP contribution is -3.04. The van der Waals surface area contributed by atoms with Crippen LogP contribution in [0.5, 0.6) is 0 Å². The van der Waals surface area contributed by atoms with Crippen molar-refractivity contribution in [2.24, 2.45) is 0 Å². The Balaban J connectivity index is 2.75. The molecule has 1 aromatic rings. The molecule has 0 fully saturated rings. The van der Waals surface area contributed by atoms with Gasteiger partial charge in [-0.25, -0.2) is 4.79 Å². The third kappa shape index (κ3) is 2.87. The smallest absolute Gasteiger partial charge is 0.335 e. The summed E-state index contributed by atoms with van der Waals surface area (Å²) in [5.41, 5.74) is 1.50. The van der Waals surface area contributed by atoms with E-state index in [9.17, 15) is 4.79 Å². The van der Waals surface area contributed by atoms with Gasteiger partial charge in [-0.3, -0.25) is 0 Å². The zero-order valence-electron chi connectivity index (χ0n) is 7.87. The van der Waals surface area contributed by atoms with Gasteiger partial charge in [-0.05, 0) is 12.1 Å². The van der Waals surface area contributed by atoms with Crippen LogP contribution in [0.15, 0.2) is 24.3 Å². The van der Waals surface area contributed by atoms with Gasteiger partial charge in [0.25, 0.3) is 0 Å². The maximum Gasteiger partial charge on any atom is 0.335 e. The standard InChI is InChI=1S/C10H13NO2/c1-11(2)7-8-3-5-9(6-4-8)10(12)13/h3-6H,7H2,1-2H3,(H,12,13)/p+1. The van der Waals surface area contributed by atoms with Crippen LogP contribution in [0.4, 0.5) is 0 Å². The number of rotatable bonds is 3. The maximum atomic E-state index is 10.5. The van der Waals surface area contributed by atoms with Crippen molar-refractivity contribution in [3.05, 3.63) is 35.4 Å². The highest BCUT2D eigenvalue weighted by molar-refractivity contribution is 5.87. The number of benzene rings is 1. The van der Waals surface area contributed by atoms with Crippen molar-refractivity contribution < 1.29 is 14.8 Å². The molecule has 0 aliphatic carbocycles. The summed E-state index contributed by atoms with van der Waals surface area (Å²) in [6.45, 7) is 0.917. The molecular weight excluding hydrogens is 166 g/mol. The van der Waals surface area contributed by atoms with Crippen LogP contribution in [-0.2, 0) is 6.54 Å². The van der Waals surface area contributed by atoms with Crippen LogP contribution < -0.4 is 4.90 Å². The molecule has 0 atom stereocenters. The summed E-state index contributed by atoms with van der Waals surface area (Å²) in [6.07, 6.45) is 0. The largest absolute Gasteiger partial charge is 0.478 e. The van der Waals surface area contributed by atoms with E-state index in [0.717, 1.165) is 12.1 Å². The first kappa shape index (κ1) is 9.74. The van der Waals surface area contributed by atoms with Crippen molar-refractivity contribution in [2.45, 2.75) is 6.54 Å². The number of quaternary nitrogens is 1. The molecule has 1 rings (SSSR count). The normalized spacial score (nSPS) is 10.4. The number of carboxylic acid groups (broad SMARTS) is 1. The van der Waals surface area contributed by atoms with Crippen LogP contribution in [0.1, 0.15) is 15.9 Å². The van der Waals surface area contributed by atoms with E-state index in [2.05, 4.69) is 14.1 Å². The average molecular weight is 180 g/mol. The molecule has 0 saturated heterocycles. The highest BCUT2D eigenvalue weighted by atomic mass is 16.4. The fraction of sp³-hybridized carbons (Fsp3) is 0.300. The highest BCUT2D eigenvalue weighted by Crippen LogP contribution is 2.02. The molecule has 0 heterocycles. The van der Waals surface area contributed by atoms with Gasteiger partial charge in [-0.2, -0.15) is 0 Å². The minimum atomic E-state index is -0.872. The Kier molecular flexibility index (Phi) is 3.03. The topological polar surface area (TPSA) is 41.7 Å². The third-order valence-corrected chi connectivity index (χ3v) is 1.76. The number of hydrogen-bond acceptors (Lipinski definition) is 1. The third-order valence-electron chi connectivity index (χ3n) is 1.76. The molecule has 70 valence electrons. The zero-order valence-corrected chi connectivity index (χ0v) is 7.87. The lowest BCUT2D eigenvalue weighted by Gasteiger charge is -2.06. The van der Waals surface area contributed by atoms with Gasteiger partial charge < -0.3 is 10.0 Å². The van der Waals surface area contributed by atoms with Crippen molar-refractivity contribution in [1.29, 1.82) is 0 Å². The summed E-state index contributed by atoms with van der Waals surface area (Å²) >= 11 is 0. The molecule has 0 saturated carbocycles. The van der Waals surface area contributed by atoms with Gasteiger partial charge in [0, 0.05) is 5.56 Å². The van der Waals surface area contributed by atoms with Crippen LogP contribution in [0.25, 0.3) is 0 Å². The molecular formula is C10H14NO2+. The van der Waals surface area contributed by atoms with E-state index in [1.807, 2.05) is 12.1 Å². The highest BCUT2D eigenvalue weighted by Gasteiger charge is 2.02. The molecule has 0 bridgehead atoms. The Morgan fingerprint density at radius 1 is 1.31 bits per heavy atom. The molecule has 0 radical (unpaired) electrons. The number of carboxylic acids is 1. The fourth-order valence-corrected chi connectivity index (χ4v) is 1.17. The Morgan fingerprint density at radius 3 is 2.23 bits per heavy atom. The van der Waals surface area contributed by atoms with Gasteiger partial charge in [0.15, 0.2) is 0 Å². The van der Waals surface area contributed by atoms with Crippen LogP contribution in [0.2, 0.25) is 0 Å². The average Bonchev–Trinajstić information content (AvgIpc) is 2.04. The van der Waals surface area contributed by atoms with E-state index in [0.29, 0.717) is 5.56 Å². The SMILES string of the molecule is C[NH+](C)Cc1ccc(C(=O)O)cc1. The second kappa shape index (κ2) is 4.05. The van der Waals surface area contributed by atoms with Crippen LogP contribution in [0.3, 0.4) is 0 Å². The monoisotopic (exact) mass is 180 g/mol. The summed E-state index contributed by atoms with van der Waals surface area (Å²) in [4.78, 5) is 11.9. The van der Waals surface area contributed by atoms with E-state index in [4.69, 9.17) is 5.11 Å². The Hall–Kier alpha value is -1.35. The summed E-state index contributed by atoms with van der Waals surface area (Å²) in [7, 11) is 4.12. The van der Waals surface area contributed by atoms with Gasteiger partial charge in [-0.1, -0.05) is 12.1 Å². The van der Waals surface area contributed by atoms with Crippen molar-refractivity contribution in [2.75, 3.05) is 14.1 Å². The van der Waals surface area contributed by atoms with Crippen LogP contribution in [0, 0.1) is 0 Å². The van der Waals surface area contributed by atoms with Crippen molar-refractivity contribution in [1.82, 2.24) is 0 Å². The van der Waals surface area contributed by atoms with Gasteiger partial charge in [0.05, 0.1) is 19.7 Å². The minimum Gasteiger partial charge on any atom is -0.478 e. The van der Waals surface area contributed by atoms with E-state index < -0.39 is 5.97 Å². The van der Waals surface area contributed by atoms with Gasteiger partial charge in [0.2, 0.25) is 0 Å². The molecule has 0 amide bonds. The number of hydrogen-bond donors (Lipinski definition) is 2. The maximum absolute atomic E-state index is 10.5. The van der Waals surface area contributed by atoms with E-state index in [1.54, 1.807) is 12.1 Å². The van der Waals surface area contributed by atoms with E-state index in [-0.39, 0.29) is 0 Å². The van der Waals surface area contributed by atoms with Gasteiger partial charge in [0.1, 0.15) is 6.54 Å². The van der Waals surface area contributed by atoms with Crippen molar-refractivity contribution in [3.8, 4) is 0 Å². The molecule has 3 heteroatoms. The number of carbonyl (C=O) groups is 1. The van der Waals surface area contributed by atoms with Crippen molar-refractivity contribution in [3.63, 3.8) is 0 Å². The molecule has 2 N–H and O–H groups in total. The number of nitrogens with one attached hydrogen (secondary N) is 1. The Morgan fingerprint density at radius 2 is 1.85 bits per heavy atom. The summed E-state index contributed by atoms with van der Waals surface area (Å²) in [5.74, 6) is -0.872. The fourth-order valence-electron chi connectivity index (χ4n) is 1.17. The van der Waals surface area contributed by atoms with E-state index >= 15 is 0 Å². The van der Waals surface area contributed by atoms with Crippen molar-refractivity contribution >= 4 is 5.97 Å². The Bertz CT molecular complexity index is 290. The zero-order chi connectivity index (χ0) is 9.84. The van der Waals surface area contributed by atoms with E-state index in [1.165, 1.54) is 4.90 Å². The first-order chi connectivity index (χ1) is 6.09. The quantitative estimate of drug-likeness (QED) is 0.689. The Labute approximate surface area is 77.6 Å². The first-order valence-corrected chi connectivity index (χ1v) is 4.21. The lowest BCUT2D eigenvalue weighted by atomic mass is 10.1. The summed E-state index contributed by atoms with van der Waals surface area (Å²) in [6, 6.07) is 6.99. The second-order valence-corrected chi connectivity index (χ2v) is 3.39.